The summed E-state index contributed by atoms with van der Waals surface area (Å²) >= 11 is 1.35. The molecule has 1 aromatic carbocycles. The molecular formula is C12H11F3N2S. The smallest absolute Gasteiger partial charge is 0.243 e. The molecule has 1 atom stereocenters. The second-order valence-corrected chi connectivity index (χ2v) is 5.42. The molecular weight excluding hydrogens is 261 g/mol. The van der Waals surface area contributed by atoms with Crippen LogP contribution >= 0.6 is 11.3 Å². The largest absolute Gasteiger partial charge is 0.348 e. The molecule has 3 rings (SSSR count). The maximum absolute atomic E-state index is 13.5. The van der Waals surface area contributed by atoms with E-state index in [0.717, 1.165) is 4.70 Å². The van der Waals surface area contributed by atoms with E-state index < -0.39 is 12.3 Å². The van der Waals surface area contributed by atoms with E-state index in [4.69, 9.17) is 0 Å². The topological polar surface area (TPSA) is 16.1 Å². The molecule has 2 heterocycles. The molecule has 0 saturated carbocycles. The number of alkyl halides is 2. The zero-order valence-electron chi connectivity index (χ0n) is 9.44. The number of nitrogens with zero attached hydrogens (tertiary/aromatic N) is 2. The molecule has 0 aliphatic carbocycles. The molecule has 1 aliphatic rings. The number of hydrogen-bond acceptors (Lipinski definition) is 3. The quantitative estimate of drug-likeness (QED) is 0.831. The van der Waals surface area contributed by atoms with Crippen LogP contribution in [0.1, 0.15) is 6.42 Å². The molecule has 0 radical (unpaired) electrons. The van der Waals surface area contributed by atoms with Crippen LogP contribution < -0.4 is 4.90 Å². The van der Waals surface area contributed by atoms with Gasteiger partial charge in [-0.1, -0.05) is 17.4 Å². The van der Waals surface area contributed by atoms with Crippen LogP contribution in [0.3, 0.4) is 0 Å². The molecule has 1 aliphatic heterocycles. The maximum Gasteiger partial charge on any atom is 0.243 e. The summed E-state index contributed by atoms with van der Waals surface area (Å²) in [5.41, 5.74) is 0.331. The predicted octanol–water partition coefficient (Wildman–Crippen LogP) is 3.53. The number of aromatic nitrogens is 1. The average Bonchev–Trinajstić information content (AvgIpc) is 2.95. The monoisotopic (exact) mass is 272 g/mol. The van der Waals surface area contributed by atoms with Crippen molar-refractivity contribution in [3.63, 3.8) is 0 Å². The Morgan fingerprint density at radius 2 is 2.22 bits per heavy atom. The molecule has 96 valence electrons. The Kier molecular flexibility index (Phi) is 2.89. The minimum atomic E-state index is -2.29. The lowest BCUT2D eigenvalue weighted by Crippen LogP contribution is -2.21. The van der Waals surface area contributed by atoms with Gasteiger partial charge in [-0.25, -0.2) is 18.2 Å². The van der Waals surface area contributed by atoms with Crippen LogP contribution in [0.4, 0.5) is 18.3 Å². The van der Waals surface area contributed by atoms with Crippen molar-refractivity contribution in [2.75, 3.05) is 18.0 Å². The zero-order valence-corrected chi connectivity index (χ0v) is 10.3. The van der Waals surface area contributed by atoms with E-state index >= 15 is 0 Å². The molecule has 0 amide bonds. The summed E-state index contributed by atoms with van der Waals surface area (Å²) in [7, 11) is 0. The number of benzene rings is 1. The van der Waals surface area contributed by atoms with E-state index in [1.807, 2.05) is 4.90 Å². The van der Waals surface area contributed by atoms with Gasteiger partial charge in [-0.05, 0) is 18.6 Å². The van der Waals surface area contributed by atoms with Crippen LogP contribution in [0.5, 0.6) is 0 Å². The van der Waals surface area contributed by atoms with Crippen LogP contribution in [0.25, 0.3) is 10.2 Å². The van der Waals surface area contributed by atoms with Crippen LogP contribution in [0, 0.1) is 11.7 Å². The SMILES string of the molecule is Fc1cccc2sc(N3CCC(C(F)F)C3)nc12. The van der Waals surface area contributed by atoms with E-state index in [1.54, 1.807) is 12.1 Å². The Morgan fingerprint density at radius 3 is 2.89 bits per heavy atom. The van der Waals surface area contributed by atoms with Crippen LogP contribution in [0.15, 0.2) is 18.2 Å². The Morgan fingerprint density at radius 1 is 1.39 bits per heavy atom. The van der Waals surface area contributed by atoms with Crippen molar-refractivity contribution in [2.24, 2.45) is 5.92 Å². The minimum Gasteiger partial charge on any atom is -0.348 e. The van der Waals surface area contributed by atoms with Crippen LogP contribution in [0.2, 0.25) is 0 Å². The first-order valence-electron chi connectivity index (χ1n) is 5.73. The lowest BCUT2D eigenvalue weighted by molar-refractivity contribution is 0.0880. The molecule has 0 spiro atoms. The van der Waals surface area contributed by atoms with Crippen molar-refractivity contribution in [1.29, 1.82) is 0 Å². The summed E-state index contributed by atoms with van der Waals surface area (Å²) < 4.78 is 39.4. The Balaban J connectivity index is 1.89. The maximum atomic E-state index is 13.5. The molecule has 0 N–H and O–H groups in total. The molecule has 2 aromatic rings. The number of thiazole rings is 1. The van der Waals surface area contributed by atoms with Crippen molar-refractivity contribution >= 4 is 26.7 Å². The lowest BCUT2D eigenvalue weighted by Gasteiger charge is -2.14. The van der Waals surface area contributed by atoms with Gasteiger partial charge in [-0.15, -0.1) is 0 Å². The highest BCUT2D eigenvalue weighted by molar-refractivity contribution is 7.22. The average molecular weight is 272 g/mol. The van der Waals surface area contributed by atoms with Gasteiger partial charge in [-0.3, -0.25) is 0 Å². The molecule has 2 nitrogen and oxygen atoms in total. The first-order valence-corrected chi connectivity index (χ1v) is 6.55. The molecule has 1 aromatic heterocycles. The van der Waals surface area contributed by atoms with Crippen LogP contribution in [-0.2, 0) is 0 Å². The van der Waals surface area contributed by atoms with Gasteiger partial charge in [0.25, 0.3) is 0 Å². The fourth-order valence-electron chi connectivity index (χ4n) is 2.21. The Bertz CT molecular complexity index is 569. The van der Waals surface area contributed by atoms with Crippen molar-refractivity contribution in [2.45, 2.75) is 12.8 Å². The molecule has 1 saturated heterocycles. The van der Waals surface area contributed by atoms with Gasteiger partial charge in [0.05, 0.1) is 4.70 Å². The number of anilines is 1. The molecule has 1 fully saturated rings. The summed E-state index contributed by atoms with van der Waals surface area (Å²) in [6.07, 6.45) is -1.82. The standard InChI is InChI=1S/C12H11F3N2S/c13-8-2-1-3-9-10(8)16-12(18-9)17-5-4-7(6-17)11(14)15/h1-3,7,11H,4-6H2. The summed E-state index contributed by atoms with van der Waals surface area (Å²) in [4.78, 5) is 6.03. The van der Waals surface area contributed by atoms with Gasteiger partial charge < -0.3 is 4.90 Å². The van der Waals surface area contributed by atoms with Gasteiger partial charge in [0.1, 0.15) is 11.3 Å². The van der Waals surface area contributed by atoms with E-state index in [0.29, 0.717) is 30.2 Å². The minimum absolute atomic E-state index is 0.305. The van der Waals surface area contributed by atoms with E-state index in [1.165, 1.54) is 17.4 Å². The summed E-state index contributed by atoms with van der Waals surface area (Å²) in [5.74, 6) is -0.957. The van der Waals surface area contributed by atoms with Gasteiger partial charge in [0.2, 0.25) is 6.43 Å². The third-order valence-corrected chi connectivity index (χ3v) is 4.29. The highest BCUT2D eigenvalue weighted by atomic mass is 32.1. The molecule has 0 bridgehead atoms. The van der Waals surface area contributed by atoms with E-state index in [2.05, 4.69) is 4.98 Å². The zero-order chi connectivity index (χ0) is 12.7. The first-order chi connectivity index (χ1) is 8.65. The van der Waals surface area contributed by atoms with Gasteiger partial charge in [0, 0.05) is 19.0 Å². The Hall–Kier alpha value is -1.30. The third kappa shape index (κ3) is 1.94. The normalized spacial score (nSPS) is 20.2. The van der Waals surface area contributed by atoms with Gasteiger partial charge in [-0.2, -0.15) is 0 Å². The third-order valence-electron chi connectivity index (χ3n) is 3.21. The summed E-state index contributed by atoms with van der Waals surface area (Å²) in [6, 6.07) is 4.78. The first kappa shape index (κ1) is 11.8. The van der Waals surface area contributed by atoms with E-state index in [9.17, 15) is 13.2 Å². The summed E-state index contributed by atoms with van der Waals surface area (Å²) in [5, 5.41) is 0.637. The van der Waals surface area contributed by atoms with Gasteiger partial charge in [0.15, 0.2) is 5.13 Å². The predicted molar refractivity (Wildman–Crippen MR) is 65.9 cm³/mol. The highest BCUT2D eigenvalue weighted by Gasteiger charge is 2.31. The molecule has 18 heavy (non-hydrogen) atoms. The van der Waals surface area contributed by atoms with Crippen molar-refractivity contribution in [1.82, 2.24) is 4.98 Å². The summed E-state index contributed by atoms with van der Waals surface area (Å²) in [6.45, 7) is 0.871. The number of halogens is 3. The van der Waals surface area contributed by atoms with Crippen LogP contribution in [-0.4, -0.2) is 24.5 Å². The number of hydrogen-bond donors (Lipinski definition) is 0. The molecule has 1 unspecified atom stereocenters. The fourth-order valence-corrected chi connectivity index (χ4v) is 3.22. The highest BCUT2D eigenvalue weighted by Crippen LogP contribution is 2.34. The van der Waals surface area contributed by atoms with E-state index in [-0.39, 0.29) is 5.82 Å². The number of para-hydroxylation sites is 1. The van der Waals surface area contributed by atoms with Crippen molar-refractivity contribution in [3.05, 3.63) is 24.0 Å². The van der Waals surface area contributed by atoms with Gasteiger partial charge >= 0.3 is 0 Å². The fraction of sp³-hybridized carbons (Fsp3) is 0.417. The number of fused-ring (bicyclic) bond motifs is 1. The second kappa shape index (κ2) is 4.42. The lowest BCUT2D eigenvalue weighted by atomic mass is 10.1. The Labute approximate surface area is 106 Å². The number of rotatable bonds is 2. The van der Waals surface area contributed by atoms with Crippen molar-refractivity contribution in [3.8, 4) is 0 Å². The molecule has 6 heteroatoms. The second-order valence-electron chi connectivity index (χ2n) is 4.41. The van der Waals surface area contributed by atoms with Crippen molar-refractivity contribution < 1.29 is 13.2 Å².